The fourth-order valence-electron chi connectivity index (χ4n) is 3.28. The number of ether oxygens (including phenoxy) is 2. The smallest absolute Gasteiger partial charge is 0.302 e. The minimum Gasteiger partial charge on any atom is -0.462 e. The summed E-state index contributed by atoms with van der Waals surface area (Å²) in [5.74, 6) is -0.106. The van der Waals surface area contributed by atoms with Gasteiger partial charge in [0.05, 0.1) is 19.3 Å². The zero-order valence-electron chi connectivity index (χ0n) is 14.1. The van der Waals surface area contributed by atoms with Gasteiger partial charge in [-0.3, -0.25) is 4.79 Å². The molecule has 0 spiro atoms. The average Bonchev–Trinajstić information content (AvgIpc) is 2.60. The Morgan fingerprint density at radius 2 is 2.00 bits per heavy atom. The Morgan fingerprint density at radius 1 is 1.29 bits per heavy atom. The highest BCUT2D eigenvalue weighted by atomic mass is 16.5. The summed E-state index contributed by atoms with van der Waals surface area (Å²) in [7, 11) is 0. The maximum Gasteiger partial charge on any atom is 0.302 e. The summed E-state index contributed by atoms with van der Waals surface area (Å²) in [4.78, 5) is 14.4. The highest BCUT2D eigenvalue weighted by Gasteiger charge is 2.32. The average molecular weight is 331 g/mol. The van der Waals surface area contributed by atoms with E-state index in [4.69, 9.17) is 15.0 Å². The molecule has 0 aliphatic heterocycles. The number of carbonyl (C=O) groups is 1. The Balaban J connectivity index is 2.00. The van der Waals surface area contributed by atoms with Crippen LogP contribution in [0.2, 0.25) is 0 Å². The number of hydrogen-bond donors (Lipinski definition) is 0. The summed E-state index contributed by atoms with van der Waals surface area (Å²) in [5.41, 5.74) is 9.95. The zero-order valence-corrected chi connectivity index (χ0v) is 14.1. The molecule has 0 unspecified atom stereocenters. The van der Waals surface area contributed by atoms with E-state index >= 15 is 0 Å². The third-order valence-electron chi connectivity index (χ3n) is 4.40. The molecule has 0 aromatic heterocycles. The van der Waals surface area contributed by atoms with Crippen LogP contribution in [0, 0.1) is 5.92 Å². The summed E-state index contributed by atoms with van der Waals surface area (Å²) >= 11 is 0. The molecule has 0 radical (unpaired) electrons. The van der Waals surface area contributed by atoms with Crippen molar-refractivity contribution in [1.29, 1.82) is 0 Å². The number of esters is 1. The summed E-state index contributed by atoms with van der Waals surface area (Å²) in [5, 5.41) is 3.86. The van der Waals surface area contributed by atoms with E-state index < -0.39 is 12.1 Å². The Labute approximate surface area is 142 Å². The molecule has 1 aromatic rings. The highest BCUT2D eigenvalue weighted by molar-refractivity contribution is 5.66. The van der Waals surface area contributed by atoms with E-state index in [1.807, 2.05) is 30.3 Å². The van der Waals surface area contributed by atoms with Gasteiger partial charge in [-0.2, -0.15) is 0 Å². The minimum absolute atomic E-state index is 0.235. The molecule has 0 bridgehead atoms. The Hall–Kier alpha value is -2.04. The molecule has 0 saturated heterocycles. The van der Waals surface area contributed by atoms with Crippen molar-refractivity contribution in [3.8, 4) is 0 Å². The molecular formula is C18H25N3O3. The van der Waals surface area contributed by atoms with Crippen LogP contribution in [0.25, 0.3) is 10.4 Å². The van der Waals surface area contributed by atoms with Crippen molar-refractivity contribution < 1.29 is 14.3 Å². The van der Waals surface area contributed by atoms with E-state index in [0.29, 0.717) is 6.61 Å². The van der Waals surface area contributed by atoms with Crippen LogP contribution in [0.15, 0.2) is 35.4 Å². The van der Waals surface area contributed by atoms with E-state index in [9.17, 15) is 4.79 Å². The van der Waals surface area contributed by atoms with Crippen LogP contribution in [0.1, 0.15) is 44.6 Å². The summed E-state index contributed by atoms with van der Waals surface area (Å²) < 4.78 is 11.3. The second-order valence-electron chi connectivity index (χ2n) is 6.25. The van der Waals surface area contributed by atoms with Crippen LogP contribution in [-0.4, -0.2) is 24.7 Å². The van der Waals surface area contributed by atoms with Gasteiger partial charge in [0.15, 0.2) is 0 Å². The van der Waals surface area contributed by atoms with E-state index in [1.165, 1.54) is 13.3 Å². The lowest BCUT2D eigenvalue weighted by molar-refractivity contribution is -0.152. The van der Waals surface area contributed by atoms with Crippen LogP contribution in [0.5, 0.6) is 0 Å². The van der Waals surface area contributed by atoms with Gasteiger partial charge in [0, 0.05) is 11.8 Å². The van der Waals surface area contributed by atoms with Gasteiger partial charge in [0.2, 0.25) is 0 Å². The van der Waals surface area contributed by atoms with Crippen molar-refractivity contribution in [2.24, 2.45) is 11.0 Å². The molecule has 1 aromatic carbocycles. The largest absolute Gasteiger partial charge is 0.462 e. The fraction of sp³-hybridized carbons (Fsp3) is 0.611. The SMILES string of the molecule is CC(=O)O[C@H](C1CCCCC1)[C@H](COCc1ccccc1)N=[N+]=[N-]. The second kappa shape index (κ2) is 9.96. The van der Waals surface area contributed by atoms with Gasteiger partial charge in [0.1, 0.15) is 6.10 Å². The number of nitrogens with zero attached hydrogens (tertiary/aromatic N) is 3. The molecule has 130 valence electrons. The normalized spacial score (nSPS) is 17.5. The Morgan fingerprint density at radius 3 is 2.62 bits per heavy atom. The van der Waals surface area contributed by atoms with Gasteiger partial charge in [-0.15, -0.1) is 0 Å². The van der Waals surface area contributed by atoms with Gasteiger partial charge in [-0.1, -0.05) is 54.7 Å². The first-order valence-corrected chi connectivity index (χ1v) is 8.54. The molecule has 6 nitrogen and oxygen atoms in total. The first-order valence-electron chi connectivity index (χ1n) is 8.54. The lowest BCUT2D eigenvalue weighted by Gasteiger charge is -2.33. The molecule has 0 amide bonds. The number of benzene rings is 1. The predicted octanol–water partition coefficient (Wildman–Crippen LogP) is 4.39. The predicted molar refractivity (Wildman–Crippen MR) is 91.2 cm³/mol. The quantitative estimate of drug-likeness (QED) is 0.306. The van der Waals surface area contributed by atoms with Crippen molar-refractivity contribution in [3.63, 3.8) is 0 Å². The van der Waals surface area contributed by atoms with Crippen molar-refractivity contribution >= 4 is 5.97 Å². The summed E-state index contributed by atoms with van der Waals surface area (Å²) in [6.45, 7) is 2.08. The monoisotopic (exact) mass is 331 g/mol. The number of rotatable bonds is 8. The molecule has 6 heteroatoms. The lowest BCUT2D eigenvalue weighted by atomic mass is 9.82. The first kappa shape index (κ1) is 18.3. The van der Waals surface area contributed by atoms with E-state index in [2.05, 4.69) is 10.0 Å². The summed E-state index contributed by atoms with van der Waals surface area (Å²) in [6, 6.07) is 9.32. The third kappa shape index (κ3) is 5.87. The topological polar surface area (TPSA) is 84.3 Å². The van der Waals surface area contributed by atoms with Crippen LogP contribution < -0.4 is 0 Å². The zero-order chi connectivity index (χ0) is 17.2. The second-order valence-corrected chi connectivity index (χ2v) is 6.25. The maximum atomic E-state index is 11.5. The van der Waals surface area contributed by atoms with E-state index in [1.54, 1.807) is 0 Å². The van der Waals surface area contributed by atoms with Crippen molar-refractivity contribution in [1.82, 2.24) is 0 Å². The van der Waals surface area contributed by atoms with Crippen LogP contribution in [-0.2, 0) is 20.9 Å². The first-order chi connectivity index (χ1) is 11.7. The number of carbonyl (C=O) groups excluding carboxylic acids is 1. The molecule has 1 saturated carbocycles. The van der Waals surface area contributed by atoms with E-state index in [0.717, 1.165) is 31.2 Å². The number of azide groups is 1. The van der Waals surface area contributed by atoms with Crippen LogP contribution in [0.4, 0.5) is 0 Å². The molecule has 0 heterocycles. The van der Waals surface area contributed by atoms with E-state index in [-0.39, 0.29) is 18.5 Å². The van der Waals surface area contributed by atoms with Crippen molar-refractivity contribution in [2.75, 3.05) is 6.61 Å². The molecule has 1 aliphatic rings. The fourth-order valence-corrected chi connectivity index (χ4v) is 3.28. The van der Waals surface area contributed by atoms with Crippen LogP contribution >= 0.6 is 0 Å². The highest BCUT2D eigenvalue weighted by Crippen LogP contribution is 2.31. The van der Waals surface area contributed by atoms with Crippen molar-refractivity contribution in [2.45, 2.75) is 57.8 Å². The van der Waals surface area contributed by atoms with Gasteiger partial charge < -0.3 is 9.47 Å². The summed E-state index contributed by atoms with van der Waals surface area (Å²) in [6.07, 6.45) is 5.03. The molecule has 1 fully saturated rings. The standard InChI is InChI=1S/C18H25N3O3/c1-14(22)24-18(16-10-6-3-7-11-16)17(20-21-19)13-23-12-15-8-4-2-5-9-15/h2,4-5,8-9,16-18H,3,6-7,10-13H2,1H3/t17-,18+/m0/s1. The Bertz CT molecular complexity index is 552. The van der Waals surface area contributed by atoms with Gasteiger partial charge in [0.25, 0.3) is 0 Å². The van der Waals surface area contributed by atoms with Crippen molar-refractivity contribution in [3.05, 3.63) is 46.3 Å². The van der Waals surface area contributed by atoms with Gasteiger partial charge in [-0.05, 0) is 29.9 Å². The Kier molecular flexibility index (Phi) is 7.59. The maximum absolute atomic E-state index is 11.5. The molecule has 24 heavy (non-hydrogen) atoms. The minimum atomic E-state index is -0.495. The lowest BCUT2D eigenvalue weighted by Crippen LogP contribution is -2.39. The molecule has 0 N–H and O–H groups in total. The van der Waals surface area contributed by atoms with Crippen LogP contribution in [0.3, 0.4) is 0 Å². The third-order valence-corrected chi connectivity index (χ3v) is 4.40. The molecular weight excluding hydrogens is 306 g/mol. The van der Waals surface area contributed by atoms with Gasteiger partial charge in [-0.25, -0.2) is 0 Å². The molecule has 2 rings (SSSR count). The van der Waals surface area contributed by atoms with Gasteiger partial charge >= 0.3 is 5.97 Å². The number of hydrogen-bond acceptors (Lipinski definition) is 4. The molecule has 1 aliphatic carbocycles. The molecule has 2 atom stereocenters.